The Balaban J connectivity index is -0.000000785. The molecule has 1 N–H and O–H groups in total. The summed E-state index contributed by atoms with van der Waals surface area (Å²) in [6, 6.07) is 6.63. The Bertz CT molecular complexity index is 740. The number of aliphatic imine (C=N–C) groups is 1. The molecule has 205 valence electrons. The maximum Gasteiger partial charge on any atom is 3.00 e. The first-order valence-electron chi connectivity index (χ1n) is 13.2. The number of hydrogen-bond acceptors (Lipinski definition) is 2. The van der Waals surface area contributed by atoms with Gasteiger partial charge in [-0.25, -0.2) is 0 Å². The number of benzene rings is 1. The minimum absolute atomic E-state index is 0. The molecule has 0 atom stereocenters. The summed E-state index contributed by atoms with van der Waals surface area (Å²) < 4.78 is 0. The maximum absolute atomic E-state index is 9.67. The van der Waals surface area contributed by atoms with Gasteiger partial charge in [-0.1, -0.05) is 104 Å². The molecule has 1 aromatic rings. The van der Waals surface area contributed by atoms with Crippen molar-refractivity contribution in [1.82, 2.24) is 0 Å². The van der Waals surface area contributed by atoms with Crippen LogP contribution >= 0.6 is 0 Å². The van der Waals surface area contributed by atoms with Crippen LogP contribution in [-0.4, -0.2) is 23.0 Å². The standard InChI is InChI=1S/C22H33N2.C8H18O.2CH3.Zr/c1-6-7-15-23-20-13-8-9-14-21(20)24-22-18(16(2)3)11-10-12-19(22)17(4)5;1-6(2)8(5,9)7(3)4;;;/h10-12,14,16-17H,6-9,13,15H2,1-5H3;6-7,9H,1-5H3;2*1H3;/q-1;;2*-1;+3. The molecule has 0 unspecified atom stereocenters. The van der Waals surface area contributed by atoms with E-state index in [0.29, 0.717) is 23.7 Å². The van der Waals surface area contributed by atoms with Gasteiger partial charge in [0.15, 0.2) is 0 Å². The van der Waals surface area contributed by atoms with E-state index in [4.69, 9.17) is 10.3 Å². The van der Waals surface area contributed by atoms with Crippen LogP contribution < -0.4 is 0 Å². The summed E-state index contributed by atoms with van der Waals surface area (Å²) in [5, 5.41) is 14.8. The summed E-state index contributed by atoms with van der Waals surface area (Å²) in [5.74, 6) is 1.65. The third-order valence-electron chi connectivity index (χ3n) is 6.98. The molecule has 1 aliphatic carbocycles. The Morgan fingerprint density at radius 1 is 0.944 bits per heavy atom. The fourth-order valence-electron chi connectivity index (χ4n) is 3.82. The van der Waals surface area contributed by atoms with Gasteiger partial charge in [0, 0.05) is 12.3 Å². The molecule has 0 saturated heterocycles. The van der Waals surface area contributed by atoms with Crippen molar-refractivity contribution in [2.45, 2.75) is 119 Å². The molecular formula is C32H57N2OZr. The number of aliphatic hydroxyl groups is 1. The number of para-hydroxylation sites is 1. The molecule has 0 amide bonds. The second-order valence-corrected chi connectivity index (χ2v) is 10.9. The van der Waals surface area contributed by atoms with E-state index in [2.05, 4.69) is 58.9 Å². The molecule has 36 heavy (non-hydrogen) atoms. The second kappa shape index (κ2) is 19.4. The first-order chi connectivity index (χ1) is 15.4. The smallest absolute Gasteiger partial charge is 0.656 e. The topological polar surface area (TPSA) is 46.7 Å². The van der Waals surface area contributed by atoms with Crippen molar-refractivity contribution >= 4 is 11.4 Å². The zero-order chi connectivity index (χ0) is 25.2. The summed E-state index contributed by atoms with van der Waals surface area (Å²) in [6.45, 7) is 22.2. The molecule has 1 aliphatic rings. The van der Waals surface area contributed by atoms with Gasteiger partial charge in [0.05, 0.1) is 5.60 Å². The van der Waals surface area contributed by atoms with Crippen molar-refractivity contribution in [3.63, 3.8) is 0 Å². The number of allylic oxidation sites excluding steroid dienone is 2. The number of hydrogen-bond donors (Lipinski definition) is 1. The first kappa shape index (κ1) is 39.8. The van der Waals surface area contributed by atoms with E-state index in [9.17, 15) is 5.11 Å². The van der Waals surface area contributed by atoms with E-state index in [1.165, 1.54) is 35.4 Å². The SMILES string of the molecule is CC(C)C(C)(O)C(C)C.CCCCN=C1CCCC=C1[N-]c1c(C(C)C)cccc1C(C)C.[CH3-].[CH3-].[Zr+3]. The molecule has 1 aromatic carbocycles. The Hall–Kier alpha value is -0.727. The van der Waals surface area contributed by atoms with Gasteiger partial charge in [-0.15, -0.1) is 11.4 Å². The molecule has 4 heteroatoms. The van der Waals surface area contributed by atoms with Crippen LogP contribution in [0.2, 0.25) is 0 Å². The van der Waals surface area contributed by atoms with Crippen molar-refractivity contribution in [3.05, 3.63) is 61.3 Å². The minimum Gasteiger partial charge on any atom is -0.656 e. The Morgan fingerprint density at radius 3 is 1.83 bits per heavy atom. The molecule has 2 rings (SSSR count). The van der Waals surface area contributed by atoms with Gasteiger partial charge < -0.3 is 25.3 Å². The van der Waals surface area contributed by atoms with Crippen LogP contribution in [0.1, 0.15) is 124 Å². The molecule has 1 radical (unpaired) electrons. The normalized spacial score (nSPS) is 14.5. The summed E-state index contributed by atoms with van der Waals surface area (Å²) >= 11 is 0. The minimum atomic E-state index is -0.500. The molecule has 0 spiro atoms. The average Bonchev–Trinajstić information content (AvgIpc) is 2.75. The zero-order valence-corrected chi connectivity index (χ0v) is 28.2. The third kappa shape index (κ3) is 12.2. The van der Waals surface area contributed by atoms with Crippen LogP contribution in [0.3, 0.4) is 0 Å². The number of nitrogens with zero attached hydrogens (tertiary/aromatic N) is 2. The van der Waals surface area contributed by atoms with Crippen LogP contribution in [-0.2, 0) is 26.2 Å². The van der Waals surface area contributed by atoms with Gasteiger partial charge in [-0.05, 0) is 56.3 Å². The molecule has 0 aliphatic heterocycles. The van der Waals surface area contributed by atoms with E-state index in [1.54, 1.807) is 0 Å². The van der Waals surface area contributed by atoms with Crippen LogP contribution in [0.25, 0.3) is 5.32 Å². The molecule has 0 heterocycles. The van der Waals surface area contributed by atoms with Crippen molar-refractivity contribution in [2.24, 2.45) is 16.8 Å². The third-order valence-corrected chi connectivity index (χ3v) is 6.98. The van der Waals surface area contributed by atoms with E-state index in [0.717, 1.165) is 31.5 Å². The molecule has 3 nitrogen and oxygen atoms in total. The molecule has 0 aromatic heterocycles. The predicted molar refractivity (Wildman–Crippen MR) is 160 cm³/mol. The molecule has 0 bridgehead atoms. The van der Waals surface area contributed by atoms with E-state index < -0.39 is 5.60 Å². The summed E-state index contributed by atoms with van der Waals surface area (Å²) in [7, 11) is 0. The molecule has 0 saturated carbocycles. The summed E-state index contributed by atoms with van der Waals surface area (Å²) in [4.78, 5) is 4.85. The average molecular weight is 577 g/mol. The van der Waals surface area contributed by atoms with Crippen molar-refractivity contribution in [3.8, 4) is 0 Å². The first-order valence-corrected chi connectivity index (χ1v) is 13.2. The van der Waals surface area contributed by atoms with Crippen LogP contribution in [0.15, 0.2) is 35.0 Å². The molecular weight excluding hydrogens is 520 g/mol. The van der Waals surface area contributed by atoms with Crippen LogP contribution in [0.4, 0.5) is 5.69 Å². The largest absolute Gasteiger partial charge is 3.00 e. The number of rotatable bonds is 9. The predicted octanol–water partition coefficient (Wildman–Crippen LogP) is 10.2. The fraction of sp³-hybridized carbons (Fsp3) is 0.656. The van der Waals surface area contributed by atoms with E-state index in [1.807, 2.05) is 34.6 Å². The van der Waals surface area contributed by atoms with E-state index in [-0.39, 0.29) is 41.1 Å². The van der Waals surface area contributed by atoms with Gasteiger partial charge in [-0.3, -0.25) is 4.99 Å². The summed E-state index contributed by atoms with van der Waals surface area (Å²) in [6.07, 6.45) is 8.03. The monoisotopic (exact) mass is 575 g/mol. The quantitative estimate of drug-likeness (QED) is 0.231. The van der Waals surface area contributed by atoms with Gasteiger partial charge >= 0.3 is 26.2 Å². The summed E-state index contributed by atoms with van der Waals surface area (Å²) in [5.41, 5.74) is 5.70. The van der Waals surface area contributed by atoms with Gasteiger partial charge in [0.2, 0.25) is 0 Å². The fourth-order valence-corrected chi connectivity index (χ4v) is 3.82. The van der Waals surface area contributed by atoms with Gasteiger partial charge in [-0.2, -0.15) is 0 Å². The molecule has 0 fully saturated rings. The van der Waals surface area contributed by atoms with Gasteiger partial charge in [0.1, 0.15) is 0 Å². The van der Waals surface area contributed by atoms with Crippen LogP contribution in [0, 0.1) is 26.7 Å². The maximum atomic E-state index is 9.67. The Labute approximate surface area is 245 Å². The van der Waals surface area contributed by atoms with Crippen molar-refractivity contribution in [2.75, 3.05) is 6.54 Å². The van der Waals surface area contributed by atoms with Crippen LogP contribution in [0.5, 0.6) is 0 Å². The Kier molecular flexibility index (Phi) is 21.4. The Morgan fingerprint density at radius 2 is 1.44 bits per heavy atom. The second-order valence-electron chi connectivity index (χ2n) is 10.9. The van der Waals surface area contributed by atoms with Crippen molar-refractivity contribution in [1.29, 1.82) is 0 Å². The van der Waals surface area contributed by atoms with E-state index >= 15 is 0 Å². The van der Waals surface area contributed by atoms with Gasteiger partial charge in [0.25, 0.3) is 0 Å². The van der Waals surface area contributed by atoms with Crippen molar-refractivity contribution < 1.29 is 31.3 Å². The number of unbranched alkanes of at least 4 members (excludes halogenated alkanes) is 1. The zero-order valence-electron chi connectivity index (χ0n) is 25.7.